The summed E-state index contributed by atoms with van der Waals surface area (Å²) in [5, 5.41) is 1.43. The first-order valence-corrected chi connectivity index (χ1v) is 9.69. The average Bonchev–Trinajstić information content (AvgIpc) is 2.65. The van der Waals surface area contributed by atoms with Crippen LogP contribution in [0.1, 0.15) is 17.0 Å². The van der Waals surface area contributed by atoms with Gasteiger partial charge in [-0.15, -0.1) is 65.4 Å². The fraction of sp³-hybridized carbons (Fsp3) is 0.250. The normalized spacial score (nSPS) is 17.9. The van der Waals surface area contributed by atoms with Crippen molar-refractivity contribution in [2.45, 2.75) is 25.6 Å². The number of hydrogen-bond donors (Lipinski definition) is 0. The maximum absolute atomic E-state index is 3.64. The molecule has 0 heterocycles. The zero-order chi connectivity index (χ0) is 12.0. The van der Waals surface area contributed by atoms with Crippen LogP contribution in [0.2, 0.25) is 19.6 Å². The molecule has 0 bridgehead atoms. The van der Waals surface area contributed by atoms with Gasteiger partial charge in [0.25, 0.3) is 0 Å². The van der Waals surface area contributed by atoms with Crippen LogP contribution in [0.4, 0.5) is 0 Å². The molecule has 1 unspecified atom stereocenters. The van der Waals surface area contributed by atoms with Gasteiger partial charge in [-0.25, -0.2) is 0 Å². The van der Waals surface area contributed by atoms with Crippen LogP contribution >= 0.6 is 24.8 Å². The number of halogens is 2. The van der Waals surface area contributed by atoms with Gasteiger partial charge in [0, 0.05) is 21.7 Å². The molecular weight excluding hydrogens is 339 g/mol. The van der Waals surface area contributed by atoms with E-state index in [2.05, 4.69) is 68.2 Å². The molecule has 0 fully saturated rings. The van der Waals surface area contributed by atoms with E-state index >= 15 is 0 Å². The van der Waals surface area contributed by atoms with Gasteiger partial charge < -0.3 is 0 Å². The van der Waals surface area contributed by atoms with Crippen LogP contribution in [0.5, 0.6) is 0 Å². The average molecular weight is 358 g/mol. The molecule has 2 aliphatic carbocycles. The zero-order valence-electron chi connectivity index (χ0n) is 11.9. The molecule has 0 spiro atoms. The van der Waals surface area contributed by atoms with Crippen molar-refractivity contribution in [2.75, 3.05) is 0 Å². The SMILES string of the molecule is C[Si](C)(C)c1[c-]c2c(cc1)C1C=CC=CC1=C2.Cl.Cl.[Ti]. The van der Waals surface area contributed by atoms with Gasteiger partial charge >= 0.3 is 0 Å². The van der Waals surface area contributed by atoms with E-state index in [1.807, 2.05) is 0 Å². The van der Waals surface area contributed by atoms with Crippen molar-refractivity contribution in [1.29, 1.82) is 0 Å². The van der Waals surface area contributed by atoms with Gasteiger partial charge in [-0.2, -0.15) is 0 Å². The summed E-state index contributed by atoms with van der Waals surface area (Å²) in [7, 11) is -1.25. The second-order valence-corrected chi connectivity index (χ2v) is 10.9. The van der Waals surface area contributed by atoms with Gasteiger partial charge in [-0.1, -0.05) is 49.5 Å². The maximum atomic E-state index is 3.64. The molecule has 0 N–H and O–H groups in total. The van der Waals surface area contributed by atoms with Gasteiger partial charge in [0.2, 0.25) is 0 Å². The number of benzene rings is 1. The number of hydrogen-bond acceptors (Lipinski definition) is 0. The van der Waals surface area contributed by atoms with Gasteiger partial charge in [0.1, 0.15) is 0 Å². The molecule has 0 saturated carbocycles. The first kappa shape index (κ1) is 20.0. The second kappa shape index (κ2) is 7.29. The molecule has 0 aliphatic heterocycles. The summed E-state index contributed by atoms with van der Waals surface area (Å²) >= 11 is 0. The third kappa shape index (κ3) is 3.58. The molecule has 0 radical (unpaired) electrons. The van der Waals surface area contributed by atoms with Crippen molar-refractivity contribution in [3.63, 3.8) is 0 Å². The van der Waals surface area contributed by atoms with Crippen molar-refractivity contribution in [3.05, 3.63) is 59.2 Å². The van der Waals surface area contributed by atoms with Gasteiger partial charge in [0.15, 0.2) is 0 Å². The zero-order valence-corrected chi connectivity index (χ0v) is 16.1. The smallest absolute Gasteiger partial charge is 0.0569 e. The topological polar surface area (TPSA) is 0 Å². The Morgan fingerprint density at radius 1 is 1.05 bits per heavy atom. The Morgan fingerprint density at radius 3 is 2.40 bits per heavy atom. The Labute approximate surface area is 150 Å². The number of fused-ring (bicyclic) bond motifs is 3. The summed E-state index contributed by atoms with van der Waals surface area (Å²) < 4.78 is 0. The van der Waals surface area contributed by atoms with Crippen molar-refractivity contribution in [2.24, 2.45) is 0 Å². The van der Waals surface area contributed by atoms with Crippen LogP contribution in [0.25, 0.3) is 6.08 Å². The van der Waals surface area contributed by atoms with Crippen LogP contribution in [0.3, 0.4) is 0 Å². The van der Waals surface area contributed by atoms with E-state index < -0.39 is 8.07 Å². The minimum atomic E-state index is -1.25. The van der Waals surface area contributed by atoms with Crippen LogP contribution in [0.15, 0.2) is 42.0 Å². The summed E-state index contributed by atoms with van der Waals surface area (Å²) in [6.45, 7) is 7.13. The molecule has 4 heteroatoms. The summed E-state index contributed by atoms with van der Waals surface area (Å²) in [6.07, 6.45) is 11.0. The quantitative estimate of drug-likeness (QED) is 0.513. The Hall–Kier alpha value is -0.0488. The Morgan fingerprint density at radius 2 is 1.75 bits per heavy atom. The first-order chi connectivity index (χ1) is 8.05. The van der Waals surface area contributed by atoms with Crippen molar-refractivity contribution >= 4 is 44.2 Å². The monoisotopic (exact) mass is 357 g/mol. The molecule has 1 aromatic rings. The third-order valence-electron chi connectivity index (χ3n) is 3.53. The third-order valence-corrected chi connectivity index (χ3v) is 5.43. The Balaban J connectivity index is 0.00000120. The second-order valence-electron chi connectivity index (χ2n) is 5.86. The van der Waals surface area contributed by atoms with E-state index in [1.54, 1.807) is 0 Å². The molecule has 0 nitrogen and oxygen atoms in total. The summed E-state index contributed by atoms with van der Waals surface area (Å²) in [5.41, 5.74) is 4.13. The largest absolute Gasteiger partial charge is 0.147 e. The van der Waals surface area contributed by atoms with E-state index in [0.29, 0.717) is 5.92 Å². The first-order valence-electron chi connectivity index (χ1n) is 6.19. The summed E-state index contributed by atoms with van der Waals surface area (Å²) in [5.74, 6) is 0.474. The molecule has 1 aromatic carbocycles. The predicted molar refractivity (Wildman–Crippen MR) is 91.8 cm³/mol. The van der Waals surface area contributed by atoms with E-state index in [4.69, 9.17) is 0 Å². The van der Waals surface area contributed by atoms with Crippen molar-refractivity contribution < 1.29 is 21.7 Å². The van der Waals surface area contributed by atoms with Gasteiger partial charge in [0.05, 0.1) is 8.07 Å². The van der Waals surface area contributed by atoms with Gasteiger partial charge in [-0.3, -0.25) is 0 Å². The van der Waals surface area contributed by atoms with Crippen molar-refractivity contribution in [1.82, 2.24) is 0 Å². The Kier molecular flexibility index (Phi) is 7.27. The molecule has 0 aromatic heterocycles. The van der Waals surface area contributed by atoms with Crippen LogP contribution in [-0.4, -0.2) is 8.07 Å². The Bertz CT molecular complexity index is 568. The molecule has 0 amide bonds. The van der Waals surface area contributed by atoms with Crippen molar-refractivity contribution in [3.8, 4) is 0 Å². The molecule has 1 atom stereocenters. The maximum Gasteiger partial charge on any atom is 0.0569 e. The summed E-state index contributed by atoms with van der Waals surface area (Å²) in [4.78, 5) is 0. The van der Waals surface area contributed by atoms with Crippen LogP contribution in [0, 0.1) is 6.07 Å². The molecular formula is C16H19Cl2SiTi-. The fourth-order valence-corrected chi connectivity index (χ4v) is 3.59. The predicted octanol–water partition coefficient (Wildman–Crippen LogP) is 4.48. The molecule has 106 valence electrons. The number of allylic oxidation sites excluding steroid dienone is 5. The number of rotatable bonds is 1. The fourth-order valence-electron chi connectivity index (χ4n) is 2.49. The molecule has 0 saturated heterocycles. The van der Waals surface area contributed by atoms with E-state index in [-0.39, 0.29) is 46.5 Å². The van der Waals surface area contributed by atoms with E-state index in [9.17, 15) is 0 Å². The minimum Gasteiger partial charge on any atom is -0.147 e. The van der Waals surface area contributed by atoms with E-state index in [1.165, 1.54) is 21.9 Å². The molecule has 20 heavy (non-hydrogen) atoms. The molecule has 2 aliphatic rings. The standard InChI is InChI=1S/C16H17Si.2ClH.Ti/c1-17(2,3)14-8-9-16-13(11-14)10-12-6-4-5-7-15(12)16;;;/h4-10,15H,1-3H3;2*1H;/q-1;;;. The van der Waals surface area contributed by atoms with E-state index in [0.717, 1.165) is 0 Å². The van der Waals surface area contributed by atoms with Crippen LogP contribution < -0.4 is 5.19 Å². The van der Waals surface area contributed by atoms with Crippen LogP contribution in [-0.2, 0) is 21.7 Å². The van der Waals surface area contributed by atoms with Gasteiger partial charge in [-0.05, 0) is 5.92 Å². The summed E-state index contributed by atoms with van der Waals surface area (Å²) in [6, 6.07) is 8.23. The minimum absolute atomic E-state index is 0. The molecule has 3 rings (SSSR count).